The predicted molar refractivity (Wildman–Crippen MR) is 41.0 cm³/mol. The molecule has 0 bridgehead atoms. The minimum Gasteiger partial charge on any atom is -0.380 e. The molecule has 0 radical (unpaired) electrons. The van der Waals surface area contributed by atoms with E-state index < -0.39 is 0 Å². The summed E-state index contributed by atoms with van der Waals surface area (Å²) in [4.78, 5) is 1.63. The first kappa shape index (κ1) is 9.23. The highest BCUT2D eigenvalue weighted by Crippen LogP contribution is 1.90. The lowest BCUT2D eigenvalue weighted by Gasteiger charge is -2.19. The van der Waals surface area contributed by atoms with Crippen molar-refractivity contribution in [1.29, 1.82) is 5.41 Å². The Kier molecular flexibility index (Phi) is 3.79. The van der Waals surface area contributed by atoms with Gasteiger partial charge in [-0.25, -0.2) is 0 Å². The molecule has 0 saturated carbocycles. The summed E-state index contributed by atoms with van der Waals surface area (Å²) in [6.45, 7) is 2.59. The van der Waals surface area contributed by atoms with Crippen LogP contribution in [0.2, 0.25) is 0 Å². The van der Waals surface area contributed by atoms with Crippen LogP contribution in [0.25, 0.3) is 0 Å². The molecule has 0 saturated heterocycles. The van der Waals surface area contributed by atoms with Gasteiger partial charge in [-0.2, -0.15) is 0 Å². The molecule has 0 fully saturated rings. The topological polar surface area (TPSA) is 62.3 Å². The molecule has 10 heavy (non-hydrogen) atoms. The SMILES string of the molecule is COC(C)CN(C)C(=N)N. The van der Waals surface area contributed by atoms with E-state index in [2.05, 4.69) is 0 Å². The Morgan fingerprint density at radius 1 is 1.80 bits per heavy atom. The average molecular weight is 145 g/mol. The molecule has 0 aliphatic carbocycles. The van der Waals surface area contributed by atoms with Crippen molar-refractivity contribution in [2.45, 2.75) is 13.0 Å². The maximum Gasteiger partial charge on any atom is 0.188 e. The number of nitrogens with one attached hydrogen (secondary N) is 1. The van der Waals surface area contributed by atoms with Gasteiger partial charge in [-0.1, -0.05) is 0 Å². The zero-order valence-electron chi connectivity index (χ0n) is 6.72. The summed E-state index contributed by atoms with van der Waals surface area (Å²) in [5.41, 5.74) is 5.19. The highest BCUT2D eigenvalue weighted by molar-refractivity contribution is 5.74. The van der Waals surface area contributed by atoms with Crippen LogP contribution in [0, 0.1) is 5.41 Å². The Morgan fingerprint density at radius 3 is 2.60 bits per heavy atom. The summed E-state index contributed by atoms with van der Waals surface area (Å²) in [6, 6.07) is 0. The first-order chi connectivity index (χ1) is 4.57. The minimum absolute atomic E-state index is 0.0731. The molecule has 4 nitrogen and oxygen atoms in total. The van der Waals surface area contributed by atoms with E-state index in [0.717, 1.165) is 0 Å². The number of ether oxygens (including phenoxy) is 1. The van der Waals surface area contributed by atoms with Crippen LogP contribution in [0.3, 0.4) is 0 Å². The minimum atomic E-state index is 0.0731. The van der Waals surface area contributed by atoms with Crippen LogP contribution in [0.5, 0.6) is 0 Å². The molecule has 0 rings (SSSR count). The Bertz CT molecular complexity index is 116. The van der Waals surface area contributed by atoms with Gasteiger partial charge in [0.2, 0.25) is 0 Å². The van der Waals surface area contributed by atoms with Crippen LogP contribution in [-0.4, -0.2) is 37.7 Å². The zero-order valence-corrected chi connectivity index (χ0v) is 6.72. The number of likely N-dealkylation sites (N-methyl/N-ethyl adjacent to an activating group) is 1. The number of hydrogen-bond donors (Lipinski definition) is 2. The summed E-state index contributed by atoms with van der Waals surface area (Å²) in [5, 5.41) is 7.02. The molecule has 0 aromatic rings. The van der Waals surface area contributed by atoms with Gasteiger partial charge in [0.1, 0.15) is 0 Å². The van der Waals surface area contributed by atoms with Crippen molar-refractivity contribution in [1.82, 2.24) is 4.90 Å². The number of nitrogens with two attached hydrogens (primary N) is 1. The van der Waals surface area contributed by atoms with Gasteiger partial charge in [-0.15, -0.1) is 0 Å². The number of methoxy groups -OCH3 is 1. The Hall–Kier alpha value is -0.770. The van der Waals surface area contributed by atoms with Gasteiger partial charge < -0.3 is 15.4 Å². The number of hydrogen-bond acceptors (Lipinski definition) is 2. The standard InChI is InChI=1S/C6H15N3O/c1-5(10-3)4-9(2)6(7)8/h5H,4H2,1-3H3,(H3,7,8). The molecular formula is C6H15N3O. The van der Waals surface area contributed by atoms with Crippen molar-refractivity contribution in [2.24, 2.45) is 5.73 Å². The summed E-state index contributed by atoms with van der Waals surface area (Å²) < 4.78 is 4.98. The Balaban J connectivity index is 3.56. The van der Waals surface area contributed by atoms with Gasteiger partial charge in [-0.3, -0.25) is 5.41 Å². The summed E-state index contributed by atoms with van der Waals surface area (Å²) in [5.74, 6) is 0.0731. The molecule has 0 heterocycles. The van der Waals surface area contributed by atoms with Gasteiger partial charge in [-0.05, 0) is 6.92 Å². The quantitative estimate of drug-likeness (QED) is 0.428. The van der Waals surface area contributed by atoms with Gasteiger partial charge in [0.05, 0.1) is 6.10 Å². The maximum atomic E-state index is 7.02. The second-order valence-corrected chi connectivity index (χ2v) is 2.31. The zero-order chi connectivity index (χ0) is 8.15. The van der Waals surface area contributed by atoms with E-state index in [-0.39, 0.29) is 12.1 Å². The Labute approximate surface area is 61.5 Å². The van der Waals surface area contributed by atoms with Crippen LogP contribution >= 0.6 is 0 Å². The van der Waals surface area contributed by atoms with Crippen LogP contribution in [0.1, 0.15) is 6.92 Å². The van der Waals surface area contributed by atoms with Gasteiger partial charge in [0, 0.05) is 20.7 Å². The third-order valence-corrected chi connectivity index (χ3v) is 1.34. The van der Waals surface area contributed by atoms with Crippen LogP contribution in [-0.2, 0) is 4.74 Å². The van der Waals surface area contributed by atoms with Crippen LogP contribution in [0.15, 0.2) is 0 Å². The second kappa shape index (κ2) is 4.11. The van der Waals surface area contributed by atoms with Crippen molar-refractivity contribution in [3.8, 4) is 0 Å². The monoisotopic (exact) mass is 145 g/mol. The molecular weight excluding hydrogens is 130 g/mol. The third-order valence-electron chi connectivity index (χ3n) is 1.34. The maximum absolute atomic E-state index is 7.02. The van der Waals surface area contributed by atoms with Crippen molar-refractivity contribution < 1.29 is 4.74 Å². The lowest BCUT2D eigenvalue weighted by molar-refractivity contribution is 0.101. The highest BCUT2D eigenvalue weighted by Gasteiger charge is 2.04. The largest absolute Gasteiger partial charge is 0.380 e. The molecule has 3 N–H and O–H groups in total. The van der Waals surface area contributed by atoms with E-state index in [9.17, 15) is 0 Å². The fourth-order valence-corrected chi connectivity index (χ4v) is 0.559. The van der Waals surface area contributed by atoms with Gasteiger partial charge in [0.25, 0.3) is 0 Å². The molecule has 0 aliphatic rings. The molecule has 0 aromatic carbocycles. The second-order valence-electron chi connectivity index (χ2n) is 2.31. The molecule has 0 aromatic heterocycles. The molecule has 1 unspecified atom stereocenters. The van der Waals surface area contributed by atoms with E-state index in [1.54, 1.807) is 19.1 Å². The number of rotatable bonds is 3. The number of guanidine groups is 1. The van der Waals surface area contributed by atoms with Gasteiger partial charge >= 0.3 is 0 Å². The third kappa shape index (κ3) is 3.29. The van der Waals surface area contributed by atoms with E-state index in [0.29, 0.717) is 6.54 Å². The van der Waals surface area contributed by atoms with Crippen LogP contribution < -0.4 is 5.73 Å². The normalized spacial score (nSPS) is 12.7. The van der Waals surface area contributed by atoms with Gasteiger partial charge in [0.15, 0.2) is 5.96 Å². The fourth-order valence-electron chi connectivity index (χ4n) is 0.559. The van der Waals surface area contributed by atoms with E-state index in [1.807, 2.05) is 6.92 Å². The number of nitrogens with zero attached hydrogens (tertiary/aromatic N) is 1. The molecule has 0 amide bonds. The summed E-state index contributed by atoms with van der Waals surface area (Å²) in [6.07, 6.45) is 0.119. The van der Waals surface area contributed by atoms with Crippen molar-refractivity contribution in [3.05, 3.63) is 0 Å². The Morgan fingerprint density at radius 2 is 2.30 bits per heavy atom. The average Bonchev–Trinajstić information content (AvgIpc) is 1.87. The van der Waals surface area contributed by atoms with Crippen molar-refractivity contribution >= 4 is 5.96 Å². The van der Waals surface area contributed by atoms with E-state index in [4.69, 9.17) is 15.9 Å². The first-order valence-corrected chi connectivity index (χ1v) is 3.16. The smallest absolute Gasteiger partial charge is 0.188 e. The summed E-state index contributed by atoms with van der Waals surface area (Å²) in [7, 11) is 3.40. The predicted octanol–water partition coefficient (Wildman–Crippen LogP) is -0.153. The molecule has 0 aliphatic heterocycles. The lowest BCUT2D eigenvalue weighted by Crippen LogP contribution is -2.38. The fraction of sp³-hybridized carbons (Fsp3) is 0.833. The van der Waals surface area contributed by atoms with E-state index in [1.165, 1.54) is 0 Å². The van der Waals surface area contributed by atoms with Crippen LogP contribution in [0.4, 0.5) is 0 Å². The molecule has 0 spiro atoms. The molecule has 60 valence electrons. The molecule has 4 heteroatoms. The van der Waals surface area contributed by atoms with E-state index >= 15 is 0 Å². The summed E-state index contributed by atoms with van der Waals surface area (Å²) >= 11 is 0. The van der Waals surface area contributed by atoms with Crippen molar-refractivity contribution in [3.63, 3.8) is 0 Å². The first-order valence-electron chi connectivity index (χ1n) is 3.16. The molecule has 1 atom stereocenters. The highest BCUT2D eigenvalue weighted by atomic mass is 16.5. The lowest BCUT2D eigenvalue weighted by atomic mass is 10.4. The van der Waals surface area contributed by atoms with Crippen molar-refractivity contribution in [2.75, 3.05) is 20.7 Å².